The Bertz CT molecular complexity index is 631. The Morgan fingerprint density at radius 1 is 1.32 bits per heavy atom. The maximum atomic E-state index is 12.7. The lowest BCUT2D eigenvalue weighted by atomic mass is 9.91. The van der Waals surface area contributed by atoms with Crippen LogP contribution in [0.5, 0.6) is 0 Å². The molecular weight excluding hydrogens is 333 g/mol. The fraction of sp³-hybridized carbons (Fsp3) is 0.611. The largest absolute Gasteiger partial charge is 0.416 e. The van der Waals surface area contributed by atoms with Gasteiger partial charge in [0.15, 0.2) is 5.60 Å². The van der Waals surface area contributed by atoms with Gasteiger partial charge in [0.2, 0.25) is 0 Å². The molecule has 0 radical (unpaired) electrons. The van der Waals surface area contributed by atoms with E-state index < -0.39 is 17.3 Å². The number of hydrogen-bond donors (Lipinski definition) is 2. The molecule has 1 aromatic rings. The zero-order chi connectivity index (χ0) is 18.1. The lowest BCUT2D eigenvalue weighted by Crippen LogP contribution is -2.58. The molecule has 25 heavy (non-hydrogen) atoms. The minimum Gasteiger partial charge on any atom is -0.379 e. The van der Waals surface area contributed by atoms with E-state index in [9.17, 15) is 23.1 Å². The highest BCUT2D eigenvalue weighted by Crippen LogP contribution is 2.32. The lowest BCUT2D eigenvalue weighted by Gasteiger charge is -2.38. The van der Waals surface area contributed by atoms with Crippen LogP contribution in [0.25, 0.3) is 0 Å². The summed E-state index contributed by atoms with van der Waals surface area (Å²) in [5.74, 6) is 0.298. The highest BCUT2D eigenvalue weighted by Gasteiger charge is 2.43. The molecular formula is C18H23F3N2O2. The molecule has 1 amide bonds. The van der Waals surface area contributed by atoms with Crippen molar-refractivity contribution in [1.29, 1.82) is 0 Å². The van der Waals surface area contributed by atoms with Crippen LogP contribution in [0, 0.1) is 5.92 Å². The standard InChI is InChI=1S/C18H23F3N2O2/c19-18(20,21)15-4-1-3-14(9-15)10-22-12-17(25)7-2-8-23(16(17)24)11-13-5-6-13/h1,3-4,9,13,22,25H,2,5-8,10-12H2/t17-/m0/s1. The van der Waals surface area contributed by atoms with E-state index in [1.54, 1.807) is 11.0 Å². The number of aliphatic hydroxyl groups is 1. The normalized spacial score (nSPS) is 24.6. The van der Waals surface area contributed by atoms with Crippen molar-refractivity contribution in [1.82, 2.24) is 10.2 Å². The number of carbonyl (C=O) groups is 1. The minimum atomic E-state index is -4.38. The molecule has 138 valence electrons. The molecule has 0 bridgehead atoms. The number of halogens is 3. The van der Waals surface area contributed by atoms with Gasteiger partial charge in [0.25, 0.3) is 5.91 Å². The molecule has 3 rings (SSSR count). The van der Waals surface area contributed by atoms with Crippen LogP contribution in [0.1, 0.15) is 36.8 Å². The first kappa shape index (κ1) is 18.2. The molecule has 1 aliphatic carbocycles. The lowest BCUT2D eigenvalue weighted by molar-refractivity contribution is -0.156. The number of alkyl halides is 3. The van der Waals surface area contributed by atoms with E-state index in [0.29, 0.717) is 31.0 Å². The van der Waals surface area contributed by atoms with Crippen molar-refractivity contribution in [3.63, 3.8) is 0 Å². The summed E-state index contributed by atoms with van der Waals surface area (Å²) in [6.45, 7) is 1.59. The number of hydrogen-bond acceptors (Lipinski definition) is 3. The third-order valence-corrected chi connectivity index (χ3v) is 4.88. The number of amides is 1. The van der Waals surface area contributed by atoms with Crippen LogP contribution in [0.15, 0.2) is 24.3 Å². The predicted octanol–water partition coefficient (Wildman–Crippen LogP) is 2.56. The maximum Gasteiger partial charge on any atom is 0.416 e. The fourth-order valence-electron chi connectivity index (χ4n) is 3.29. The molecule has 2 N–H and O–H groups in total. The van der Waals surface area contributed by atoms with Gasteiger partial charge in [0, 0.05) is 26.2 Å². The molecule has 1 atom stereocenters. The van der Waals surface area contributed by atoms with Crippen LogP contribution in [0.4, 0.5) is 13.2 Å². The Hall–Kier alpha value is -1.60. The third-order valence-electron chi connectivity index (χ3n) is 4.88. The van der Waals surface area contributed by atoms with Gasteiger partial charge in [-0.25, -0.2) is 0 Å². The molecule has 2 aliphatic rings. The molecule has 2 fully saturated rings. The van der Waals surface area contributed by atoms with Gasteiger partial charge in [-0.2, -0.15) is 13.2 Å². The second-order valence-electron chi connectivity index (χ2n) is 7.13. The van der Waals surface area contributed by atoms with Gasteiger partial charge < -0.3 is 15.3 Å². The smallest absolute Gasteiger partial charge is 0.379 e. The number of benzene rings is 1. The van der Waals surface area contributed by atoms with Crippen molar-refractivity contribution in [3.05, 3.63) is 35.4 Å². The molecule has 1 saturated heterocycles. The van der Waals surface area contributed by atoms with Gasteiger partial charge in [0.1, 0.15) is 0 Å². The minimum absolute atomic E-state index is 0.0449. The van der Waals surface area contributed by atoms with E-state index in [4.69, 9.17) is 0 Å². The molecule has 1 heterocycles. The summed E-state index contributed by atoms with van der Waals surface area (Å²) < 4.78 is 38.2. The topological polar surface area (TPSA) is 52.6 Å². The molecule has 1 aliphatic heterocycles. The summed E-state index contributed by atoms with van der Waals surface area (Å²) >= 11 is 0. The fourth-order valence-corrected chi connectivity index (χ4v) is 3.29. The van der Waals surface area contributed by atoms with Crippen molar-refractivity contribution in [2.24, 2.45) is 5.92 Å². The molecule has 0 aromatic heterocycles. The second kappa shape index (κ2) is 6.96. The summed E-state index contributed by atoms with van der Waals surface area (Å²) in [6.07, 6.45) is -0.994. The van der Waals surface area contributed by atoms with E-state index in [1.165, 1.54) is 6.07 Å². The highest BCUT2D eigenvalue weighted by atomic mass is 19.4. The zero-order valence-electron chi connectivity index (χ0n) is 14.0. The van der Waals surface area contributed by atoms with E-state index >= 15 is 0 Å². The quantitative estimate of drug-likeness (QED) is 0.824. The van der Waals surface area contributed by atoms with Crippen LogP contribution >= 0.6 is 0 Å². The van der Waals surface area contributed by atoms with Crippen LogP contribution in [-0.2, 0) is 17.5 Å². The van der Waals surface area contributed by atoms with E-state index in [2.05, 4.69) is 5.32 Å². The van der Waals surface area contributed by atoms with Crippen LogP contribution < -0.4 is 5.32 Å². The van der Waals surface area contributed by atoms with Gasteiger partial charge >= 0.3 is 6.18 Å². The van der Waals surface area contributed by atoms with Crippen molar-refractivity contribution < 1.29 is 23.1 Å². The average molecular weight is 356 g/mol. The number of carbonyl (C=O) groups excluding carboxylic acids is 1. The summed E-state index contributed by atoms with van der Waals surface area (Å²) in [7, 11) is 0. The highest BCUT2D eigenvalue weighted by molar-refractivity contribution is 5.86. The van der Waals surface area contributed by atoms with Gasteiger partial charge in [-0.3, -0.25) is 4.79 Å². The van der Waals surface area contributed by atoms with E-state index in [0.717, 1.165) is 31.4 Å². The second-order valence-corrected chi connectivity index (χ2v) is 7.13. The predicted molar refractivity (Wildman–Crippen MR) is 86.6 cm³/mol. The Labute approximate surface area is 145 Å². The summed E-state index contributed by atoms with van der Waals surface area (Å²) in [5, 5.41) is 13.6. The van der Waals surface area contributed by atoms with Crippen LogP contribution in [0.2, 0.25) is 0 Å². The molecule has 4 nitrogen and oxygen atoms in total. The van der Waals surface area contributed by atoms with Crippen molar-refractivity contribution in [2.45, 2.75) is 44.0 Å². The first-order valence-corrected chi connectivity index (χ1v) is 8.66. The number of nitrogens with one attached hydrogen (secondary N) is 1. The molecule has 0 unspecified atom stereocenters. The van der Waals surface area contributed by atoms with Crippen molar-refractivity contribution in [3.8, 4) is 0 Å². The first-order chi connectivity index (χ1) is 11.8. The van der Waals surface area contributed by atoms with Gasteiger partial charge in [-0.15, -0.1) is 0 Å². The summed E-state index contributed by atoms with van der Waals surface area (Å²) in [4.78, 5) is 14.3. The van der Waals surface area contributed by atoms with Crippen molar-refractivity contribution in [2.75, 3.05) is 19.6 Å². The van der Waals surface area contributed by atoms with E-state index in [-0.39, 0.29) is 19.0 Å². The van der Waals surface area contributed by atoms with Gasteiger partial charge in [-0.05, 0) is 43.2 Å². The summed E-state index contributed by atoms with van der Waals surface area (Å²) in [5.41, 5.74) is -1.69. The monoisotopic (exact) mass is 356 g/mol. The van der Waals surface area contributed by atoms with E-state index in [1.807, 2.05) is 0 Å². The molecule has 1 saturated carbocycles. The summed E-state index contributed by atoms with van der Waals surface area (Å²) in [6, 6.07) is 5.06. The number of nitrogens with zero attached hydrogens (tertiary/aromatic N) is 1. The molecule has 1 aromatic carbocycles. The first-order valence-electron chi connectivity index (χ1n) is 8.66. The van der Waals surface area contributed by atoms with Crippen LogP contribution in [-0.4, -0.2) is 41.1 Å². The maximum absolute atomic E-state index is 12.7. The van der Waals surface area contributed by atoms with Gasteiger partial charge in [0.05, 0.1) is 5.56 Å². The number of piperidine rings is 1. The Morgan fingerprint density at radius 3 is 2.76 bits per heavy atom. The molecule has 7 heteroatoms. The SMILES string of the molecule is O=C1N(CC2CC2)CCC[C@]1(O)CNCc1cccc(C(F)(F)F)c1. The average Bonchev–Trinajstić information content (AvgIpc) is 3.36. The number of likely N-dealkylation sites (tertiary alicyclic amines) is 1. The van der Waals surface area contributed by atoms with Gasteiger partial charge in [-0.1, -0.05) is 18.2 Å². The number of rotatable bonds is 6. The third kappa shape index (κ3) is 4.52. The molecule has 0 spiro atoms. The van der Waals surface area contributed by atoms with Crippen LogP contribution in [0.3, 0.4) is 0 Å². The Balaban J connectivity index is 1.56. The van der Waals surface area contributed by atoms with Crippen molar-refractivity contribution >= 4 is 5.91 Å². The Morgan fingerprint density at radius 2 is 2.08 bits per heavy atom. The Kier molecular flexibility index (Phi) is 5.06. The zero-order valence-corrected chi connectivity index (χ0v) is 14.0.